The van der Waals surface area contributed by atoms with Crippen LogP contribution in [0, 0.1) is 13.8 Å². The molecule has 0 saturated heterocycles. The van der Waals surface area contributed by atoms with Gasteiger partial charge in [0.25, 0.3) is 5.91 Å². The summed E-state index contributed by atoms with van der Waals surface area (Å²) in [5.74, 6) is 1.05. The normalized spacial score (nSPS) is 12.9. The third-order valence-electron chi connectivity index (χ3n) is 3.44. The molecular weight excluding hydrogens is 302 g/mol. The molecule has 6 heteroatoms. The van der Waals surface area contributed by atoms with Crippen molar-refractivity contribution in [2.45, 2.75) is 31.7 Å². The van der Waals surface area contributed by atoms with Crippen LogP contribution in [0.25, 0.3) is 0 Å². The summed E-state index contributed by atoms with van der Waals surface area (Å²) >= 11 is 0. The fraction of sp³-hybridized carbons (Fsp3) is 0.312. The molecule has 0 aliphatic heterocycles. The van der Waals surface area contributed by atoms with Crippen LogP contribution in [0.5, 0.6) is 0 Å². The van der Waals surface area contributed by atoms with Crippen LogP contribution >= 0.6 is 0 Å². The van der Waals surface area contributed by atoms with E-state index in [2.05, 4.69) is 5.32 Å². The summed E-state index contributed by atoms with van der Waals surface area (Å²) in [6, 6.07) is 7.95. The summed E-state index contributed by atoms with van der Waals surface area (Å²) in [5.41, 5.74) is 1.34. The predicted octanol–water partition coefficient (Wildman–Crippen LogP) is 2.79. The summed E-state index contributed by atoms with van der Waals surface area (Å²) < 4.78 is 28.2. The van der Waals surface area contributed by atoms with E-state index in [1.807, 2.05) is 6.92 Å². The van der Waals surface area contributed by atoms with E-state index >= 15 is 0 Å². The lowest BCUT2D eigenvalue weighted by molar-refractivity contribution is 0.0938. The van der Waals surface area contributed by atoms with Crippen molar-refractivity contribution in [2.75, 3.05) is 6.26 Å². The highest BCUT2D eigenvalue weighted by Gasteiger charge is 2.17. The smallest absolute Gasteiger partial charge is 0.255 e. The maximum atomic E-state index is 12.2. The van der Waals surface area contributed by atoms with E-state index < -0.39 is 9.84 Å². The van der Waals surface area contributed by atoms with Gasteiger partial charge in [0.1, 0.15) is 11.5 Å². The van der Waals surface area contributed by atoms with Crippen LogP contribution in [0.3, 0.4) is 0 Å². The number of carbonyl (C=O) groups is 1. The van der Waals surface area contributed by atoms with Crippen molar-refractivity contribution in [1.82, 2.24) is 5.32 Å². The molecular formula is C16H19NO4S. The fourth-order valence-corrected chi connectivity index (χ4v) is 2.85. The standard InChI is InChI=1S/C16H19NO4S/c1-10-9-15(12(3)21-10)16(18)17-11(2)13-5-7-14(8-6-13)22(4,19)20/h5-9,11H,1-4H3,(H,17,18)/t11-/m0/s1. The van der Waals surface area contributed by atoms with Crippen molar-refractivity contribution in [2.24, 2.45) is 0 Å². The number of rotatable bonds is 4. The van der Waals surface area contributed by atoms with Gasteiger partial charge in [-0.1, -0.05) is 12.1 Å². The third kappa shape index (κ3) is 3.57. The molecule has 1 N–H and O–H groups in total. The minimum Gasteiger partial charge on any atom is -0.466 e. The first-order valence-electron chi connectivity index (χ1n) is 6.86. The topological polar surface area (TPSA) is 76.4 Å². The van der Waals surface area contributed by atoms with Crippen molar-refractivity contribution in [3.8, 4) is 0 Å². The highest BCUT2D eigenvalue weighted by Crippen LogP contribution is 2.18. The van der Waals surface area contributed by atoms with Gasteiger partial charge in [-0.2, -0.15) is 0 Å². The number of hydrogen-bond acceptors (Lipinski definition) is 4. The first kappa shape index (κ1) is 16.3. The summed E-state index contributed by atoms with van der Waals surface area (Å²) in [6.07, 6.45) is 1.16. The minimum absolute atomic E-state index is 0.214. The SMILES string of the molecule is Cc1cc(C(=O)N[C@@H](C)c2ccc(S(C)(=O)=O)cc2)c(C)o1. The monoisotopic (exact) mass is 321 g/mol. The zero-order valence-corrected chi connectivity index (χ0v) is 13.8. The van der Waals surface area contributed by atoms with Crippen LogP contribution in [0.2, 0.25) is 0 Å². The van der Waals surface area contributed by atoms with E-state index in [0.29, 0.717) is 17.1 Å². The number of furan rings is 1. The lowest BCUT2D eigenvalue weighted by atomic mass is 10.1. The second-order valence-corrected chi connectivity index (χ2v) is 7.38. The number of benzene rings is 1. The molecule has 0 aliphatic rings. The molecule has 1 aromatic heterocycles. The largest absolute Gasteiger partial charge is 0.466 e. The summed E-state index contributed by atoms with van der Waals surface area (Å²) in [7, 11) is -3.21. The van der Waals surface area contributed by atoms with Gasteiger partial charge in [0.15, 0.2) is 9.84 Å². The minimum atomic E-state index is -3.21. The van der Waals surface area contributed by atoms with Gasteiger partial charge in [-0.3, -0.25) is 4.79 Å². The van der Waals surface area contributed by atoms with Gasteiger partial charge in [-0.15, -0.1) is 0 Å². The van der Waals surface area contributed by atoms with Crippen LogP contribution in [-0.4, -0.2) is 20.6 Å². The van der Waals surface area contributed by atoms with Gasteiger partial charge in [0.05, 0.1) is 16.5 Å². The van der Waals surface area contributed by atoms with Gasteiger partial charge in [0.2, 0.25) is 0 Å². The average molecular weight is 321 g/mol. The molecule has 5 nitrogen and oxygen atoms in total. The van der Waals surface area contributed by atoms with Crippen LogP contribution in [0.1, 0.15) is 40.4 Å². The van der Waals surface area contributed by atoms with E-state index in [1.54, 1.807) is 44.2 Å². The number of aryl methyl sites for hydroxylation is 2. The highest BCUT2D eigenvalue weighted by molar-refractivity contribution is 7.90. The number of carbonyl (C=O) groups excluding carboxylic acids is 1. The van der Waals surface area contributed by atoms with Crippen LogP contribution in [0.4, 0.5) is 0 Å². The molecule has 0 radical (unpaired) electrons. The Labute approximate surface area is 130 Å². The summed E-state index contributed by atoms with van der Waals surface area (Å²) in [5, 5.41) is 2.88. The maximum Gasteiger partial charge on any atom is 0.255 e. The molecule has 2 rings (SSSR count). The van der Waals surface area contributed by atoms with Gasteiger partial charge < -0.3 is 9.73 Å². The number of hydrogen-bond donors (Lipinski definition) is 1. The number of sulfone groups is 1. The molecule has 1 amide bonds. The average Bonchev–Trinajstić information content (AvgIpc) is 2.77. The highest BCUT2D eigenvalue weighted by atomic mass is 32.2. The van der Waals surface area contributed by atoms with Gasteiger partial charge in [-0.25, -0.2) is 8.42 Å². The Kier molecular flexibility index (Phi) is 4.42. The zero-order valence-electron chi connectivity index (χ0n) is 13.0. The molecule has 1 aromatic carbocycles. The quantitative estimate of drug-likeness (QED) is 0.939. The van der Waals surface area contributed by atoms with Gasteiger partial charge in [-0.05, 0) is 44.5 Å². The fourth-order valence-electron chi connectivity index (χ4n) is 2.22. The summed E-state index contributed by atoms with van der Waals surface area (Å²) in [6.45, 7) is 5.38. The Morgan fingerprint density at radius 1 is 1.18 bits per heavy atom. The molecule has 118 valence electrons. The predicted molar refractivity (Wildman–Crippen MR) is 83.6 cm³/mol. The zero-order chi connectivity index (χ0) is 16.5. The third-order valence-corrected chi connectivity index (χ3v) is 4.57. The van der Waals surface area contributed by atoms with E-state index in [-0.39, 0.29) is 16.8 Å². The van der Waals surface area contributed by atoms with Gasteiger partial charge in [0, 0.05) is 6.26 Å². The van der Waals surface area contributed by atoms with Crippen LogP contribution in [0.15, 0.2) is 39.6 Å². The molecule has 1 heterocycles. The second-order valence-electron chi connectivity index (χ2n) is 5.36. The maximum absolute atomic E-state index is 12.2. The van der Waals surface area contributed by atoms with E-state index in [1.165, 1.54) is 0 Å². The first-order valence-corrected chi connectivity index (χ1v) is 8.75. The molecule has 0 fully saturated rings. The lowest BCUT2D eigenvalue weighted by Crippen LogP contribution is -2.26. The Bertz CT molecular complexity index is 788. The lowest BCUT2D eigenvalue weighted by Gasteiger charge is -2.14. The number of nitrogens with one attached hydrogen (secondary N) is 1. The molecule has 0 bridgehead atoms. The molecule has 22 heavy (non-hydrogen) atoms. The number of amides is 1. The molecule has 0 aliphatic carbocycles. The second kappa shape index (κ2) is 5.96. The first-order chi connectivity index (χ1) is 10.2. The summed E-state index contributed by atoms with van der Waals surface area (Å²) in [4.78, 5) is 12.5. The van der Waals surface area contributed by atoms with Crippen molar-refractivity contribution in [1.29, 1.82) is 0 Å². The Morgan fingerprint density at radius 3 is 2.23 bits per heavy atom. The molecule has 0 spiro atoms. The van der Waals surface area contributed by atoms with Gasteiger partial charge >= 0.3 is 0 Å². The molecule has 2 aromatic rings. The van der Waals surface area contributed by atoms with Crippen LogP contribution in [-0.2, 0) is 9.84 Å². The Morgan fingerprint density at radius 2 is 1.77 bits per heavy atom. The molecule has 0 saturated carbocycles. The van der Waals surface area contributed by atoms with E-state index in [9.17, 15) is 13.2 Å². The Hall–Kier alpha value is -2.08. The van der Waals surface area contributed by atoms with E-state index in [0.717, 1.165) is 11.8 Å². The molecule has 0 unspecified atom stereocenters. The van der Waals surface area contributed by atoms with Crippen molar-refractivity contribution in [3.05, 3.63) is 53.0 Å². The van der Waals surface area contributed by atoms with Crippen molar-refractivity contribution >= 4 is 15.7 Å². The van der Waals surface area contributed by atoms with Crippen molar-refractivity contribution in [3.63, 3.8) is 0 Å². The molecule has 1 atom stereocenters. The van der Waals surface area contributed by atoms with E-state index in [4.69, 9.17) is 4.42 Å². The van der Waals surface area contributed by atoms with Crippen LogP contribution < -0.4 is 5.32 Å². The Balaban J connectivity index is 2.14. The van der Waals surface area contributed by atoms with Crippen molar-refractivity contribution < 1.29 is 17.6 Å².